The van der Waals surface area contributed by atoms with Gasteiger partial charge < -0.3 is 9.72 Å². The molecule has 21 heavy (non-hydrogen) atoms. The summed E-state index contributed by atoms with van der Waals surface area (Å²) in [5.74, 6) is 0.742. The Morgan fingerprint density at radius 2 is 1.95 bits per heavy atom. The molecule has 3 aromatic rings. The van der Waals surface area contributed by atoms with Crippen molar-refractivity contribution in [1.29, 1.82) is 0 Å². The first kappa shape index (κ1) is 14.1. The smallest absolute Gasteiger partial charge is 0.180 e. The van der Waals surface area contributed by atoms with Crippen molar-refractivity contribution in [3.8, 4) is 0 Å². The average molecular weight is 345 g/mol. The first-order chi connectivity index (χ1) is 9.95. The molecule has 0 saturated carbocycles. The van der Waals surface area contributed by atoms with E-state index in [1.165, 1.54) is 5.56 Å². The Labute approximate surface area is 132 Å². The molecule has 1 N–H and O–H groups in total. The molecule has 108 valence electrons. The SMILES string of the molecule is CC(C)(C)c1ccccc1Nc1nc(Br)cn2ccnc12. The minimum atomic E-state index is 0.0569. The number of imidazole rings is 1. The largest absolute Gasteiger partial charge is 0.337 e. The van der Waals surface area contributed by atoms with Gasteiger partial charge in [-0.25, -0.2) is 9.97 Å². The van der Waals surface area contributed by atoms with Crippen molar-refractivity contribution in [2.24, 2.45) is 0 Å². The predicted octanol–water partition coefficient (Wildman–Crippen LogP) is 4.53. The molecule has 2 aromatic heterocycles. The normalized spacial score (nSPS) is 11.8. The number of benzene rings is 1. The predicted molar refractivity (Wildman–Crippen MR) is 89.1 cm³/mol. The molecule has 0 aliphatic carbocycles. The maximum Gasteiger partial charge on any atom is 0.180 e. The molecule has 4 nitrogen and oxygen atoms in total. The summed E-state index contributed by atoms with van der Waals surface area (Å²) < 4.78 is 2.71. The zero-order valence-corrected chi connectivity index (χ0v) is 13.8. The van der Waals surface area contributed by atoms with Gasteiger partial charge in [0.25, 0.3) is 0 Å². The van der Waals surface area contributed by atoms with Crippen molar-refractivity contribution in [2.45, 2.75) is 26.2 Å². The van der Waals surface area contributed by atoms with Crippen LogP contribution in [0.1, 0.15) is 26.3 Å². The van der Waals surface area contributed by atoms with Crippen LogP contribution in [0.2, 0.25) is 0 Å². The monoisotopic (exact) mass is 344 g/mol. The van der Waals surface area contributed by atoms with Gasteiger partial charge in [-0.15, -0.1) is 0 Å². The van der Waals surface area contributed by atoms with Crippen molar-refractivity contribution < 1.29 is 0 Å². The highest BCUT2D eigenvalue weighted by atomic mass is 79.9. The number of para-hydroxylation sites is 1. The van der Waals surface area contributed by atoms with Crippen molar-refractivity contribution >= 4 is 33.1 Å². The Bertz CT molecular complexity index is 786. The van der Waals surface area contributed by atoms with Gasteiger partial charge in [0.1, 0.15) is 4.60 Å². The van der Waals surface area contributed by atoms with Gasteiger partial charge in [0.05, 0.1) is 0 Å². The van der Waals surface area contributed by atoms with E-state index in [0.29, 0.717) is 0 Å². The van der Waals surface area contributed by atoms with Gasteiger partial charge in [-0.1, -0.05) is 39.0 Å². The molecule has 0 fully saturated rings. The van der Waals surface area contributed by atoms with Crippen LogP contribution >= 0.6 is 15.9 Å². The third-order valence-electron chi connectivity index (χ3n) is 3.33. The third kappa shape index (κ3) is 2.78. The summed E-state index contributed by atoms with van der Waals surface area (Å²) in [5.41, 5.74) is 3.17. The number of anilines is 2. The van der Waals surface area contributed by atoms with E-state index in [4.69, 9.17) is 0 Å². The van der Waals surface area contributed by atoms with Crippen molar-refractivity contribution in [3.63, 3.8) is 0 Å². The number of aromatic nitrogens is 3. The summed E-state index contributed by atoms with van der Waals surface area (Å²) in [5, 5.41) is 3.42. The van der Waals surface area contributed by atoms with Crippen LogP contribution in [-0.4, -0.2) is 14.4 Å². The van der Waals surface area contributed by atoms with E-state index in [-0.39, 0.29) is 5.41 Å². The summed E-state index contributed by atoms with van der Waals surface area (Å²) in [6.45, 7) is 6.60. The molecule has 5 heteroatoms. The molecule has 0 aliphatic rings. The van der Waals surface area contributed by atoms with Gasteiger partial charge >= 0.3 is 0 Å². The molecule has 0 amide bonds. The van der Waals surface area contributed by atoms with Crippen LogP contribution in [0, 0.1) is 0 Å². The van der Waals surface area contributed by atoms with E-state index >= 15 is 0 Å². The van der Waals surface area contributed by atoms with Gasteiger partial charge in [-0.2, -0.15) is 0 Å². The number of halogens is 1. The Balaban J connectivity index is 2.09. The van der Waals surface area contributed by atoms with Crippen LogP contribution in [-0.2, 0) is 5.41 Å². The van der Waals surface area contributed by atoms with Gasteiger partial charge in [0, 0.05) is 24.3 Å². The topological polar surface area (TPSA) is 42.2 Å². The second-order valence-electron chi connectivity index (χ2n) is 5.99. The van der Waals surface area contributed by atoms with Gasteiger partial charge in [-0.3, -0.25) is 0 Å². The second kappa shape index (κ2) is 5.15. The van der Waals surface area contributed by atoms with Crippen LogP contribution in [0.15, 0.2) is 47.5 Å². The maximum atomic E-state index is 4.51. The summed E-state index contributed by atoms with van der Waals surface area (Å²) in [6, 6.07) is 8.30. The fraction of sp³-hybridized carbons (Fsp3) is 0.250. The molecular formula is C16H17BrN4. The van der Waals surface area contributed by atoms with Gasteiger partial charge in [-0.05, 0) is 33.0 Å². The summed E-state index contributed by atoms with van der Waals surface area (Å²) in [7, 11) is 0. The number of nitrogens with one attached hydrogen (secondary N) is 1. The number of hydrogen-bond acceptors (Lipinski definition) is 3. The van der Waals surface area contributed by atoms with E-state index < -0.39 is 0 Å². The highest BCUT2D eigenvalue weighted by Gasteiger charge is 2.18. The maximum absolute atomic E-state index is 4.51. The van der Waals surface area contributed by atoms with E-state index in [0.717, 1.165) is 21.8 Å². The fourth-order valence-electron chi connectivity index (χ4n) is 2.36. The first-order valence-corrected chi connectivity index (χ1v) is 7.60. The standard InChI is InChI=1S/C16H17BrN4/c1-16(2,3)11-6-4-5-7-12(11)19-14-15-18-8-9-21(15)10-13(17)20-14/h4-10H,1-3H3,(H,19,20). The molecule has 0 saturated heterocycles. The van der Waals surface area contributed by atoms with Crippen LogP contribution in [0.3, 0.4) is 0 Å². The molecule has 2 heterocycles. The quantitative estimate of drug-likeness (QED) is 0.742. The lowest BCUT2D eigenvalue weighted by Crippen LogP contribution is -2.14. The zero-order valence-electron chi connectivity index (χ0n) is 12.3. The molecule has 0 spiro atoms. The first-order valence-electron chi connectivity index (χ1n) is 6.81. The van der Waals surface area contributed by atoms with E-state index in [2.05, 4.69) is 70.2 Å². The molecule has 0 unspecified atom stereocenters. The van der Waals surface area contributed by atoms with E-state index in [1.807, 2.05) is 22.9 Å². The van der Waals surface area contributed by atoms with E-state index in [9.17, 15) is 0 Å². The van der Waals surface area contributed by atoms with Gasteiger partial charge in [0.15, 0.2) is 11.5 Å². The number of fused-ring (bicyclic) bond motifs is 1. The zero-order chi connectivity index (χ0) is 15.0. The second-order valence-corrected chi connectivity index (χ2v) is 6.80. The minimum absolute atomic E-state index is 0.0569. The van der Waals surface area contributed by atoms with Crippen LogP contribution in [0.25, 0.3) is 5.65 Å². The van der Waals surface area contributed by atoms with E-state index in [1.54, 1.807) is 6.20 Å². The summed E-state index contributed by atoms with van der Waals surface area (Å²) in [4.78, 5) is 8.88. The Morgan fingerprint density at radius 1 is 1.19 bits per heavy atom. The van der Waals surface area contributed by atoms with Crippen LogP contribution in [0.5, 0.6) is 0 Å². The summed E-state index contributed by atoms with van der Waals surface area (Å²) in [6.07, 6.45) is 5.57. The summed E-state index contributed by atoms with van der Waals surface area (Å²) >= 11 is 3.44. The molecular weight excluding hydrogens is 328 g/mol. The Hall–Kier alpha value is -1.88. The molecule has 0 radical (unpaired) electrons. The molecule has 3 rings (SSSR count). The highest BCUT2D eigenvalue weighted by Crippen LogP contribution is 2.31. The number of rotatable bonds is 2. The lowest BCUT2D eigenvalue weighted by molar-refractivity contribution is 0.592. The number of nitrogens with zero attached hydrogens (tertiary/aromatic N) is 3. The molecule has 0 bridgehead atoms. The van der Waals surface area contributed by atoms with Gasteiger partial charge in [0.2, 0.25) is 0 Å². The third-order valence-corrected chi connectivity index (χ3v) is 3.71. The Morgan fingerprint density at radius 3 is 2.71 bits per heavy atom. The van der Waals surface area contributed by atoms with Crippen molar-refractivity contribution in [2.75, 3.05) is 5.32 Å². The lowest BCUT2D eigenvalue weighted by atomic mass is 9.86. The fourth-order valence-corrected chi connectivity index (χ4v) is 2.76. The lowest BCUT2D eigenvalue weighted by Gasteiger charge is -2.23. The average Bonchev–Trinajstić information content (AvgIpc) is 2.86. The van der Waals surface area contributed by atoms with Crippen molar-refractivity contribution in [1.82, 2.24) is 14.4 Å². The van der Waals surface area contributed by atoms with Crippen LogP contribution < -0.4 is 5.32 Å². The number of hydrogen-bond donors (Lipinski definition) is 1. The van der Waals surface area contributed by atoms with Crippen LogP contribution in [0.4, 0.5) is 11.5 Å². The molecule has 0 atom stereocenters. The molecule has 1 aromatic carbocycles. The highest BCUT2D eigenvalue weighted by molar-refractivity contribution is 9.10. The minimum Gasteiger partial charge on any atom is -0.337 e. The molecule has 0 aliphatic heterocycles. The Kier molecular flexibility index (Phi) is 3.45. The van der Waals surface area contributed by atoms with Crippen molar-refractivity contribution in [3.05, 3.63) is 53.0 Å².